The van der Waals surface area contributed by atoms with Crippen molar-refractivity contribution < 1.29 is 4.79 Å². The van der Waals surface area contributed by atoms with Gasteiger partial charge in [0.05, 0.1) is 24.5 Å². The maximum Gasteiger partial charge on any atom is 0.317 e. The molecule has 1 aliphatic rings. The fraction of sp³-hybridized carbons (Fsp3) is 0.647. The van der Waals surface area contributed by atoms with Crippen LogP contribution in [0.5, 0.6) is 0 Å². The molecule has 25 heavy (non-hydrogen) atoms. The van der Waals surface area contributed by atoms with Crippen molar-refractivity contribution in [2.45, 2.75) is 52.2 Å². The maximum absolute atomic E-state index is 12.6. The molecular weight excluding hydrogens is 318 g/mol. The summed E-state index contributed by atoms with van der Waals surface area (Å²) >= 11 is 0. The van der Waals surface area contributed by atoms with Crippen molar-refractivity contribution in [2.24, 2.45) is 5.92 Å². The van der Waals surface area contributed by atoms with Gasteiger partial charge in [0.2, 0.25) is 0 Å². The van der Waals surface area contributed by atoms with Crippen molar-refractivity contribution in [3.8, 4) is 0 Å². The van der Waals surface area contributed by atoms with Gasteiger partial charge in [-0.1, -0.05) is 6.92 Å². The van der Waals surface area contributed by atoms with Gasteiger partial charge in [-0.3, -0.25) is 0 Å². The standard InChI is InChI=1S/C17H27N7O/c1-13-5-7-22(10-14(13)23-8-6-18-12-23)16(25)19-9-15-20-11-21-24(15)17(2,3)4/h6,8,11-14H,5,7,9-10H2,1-4H3,(H,19,25)/t13-,14+/m1/s1. The fourth-order valence-corrected chi connectivity index (χ4v) is 3.30. The van der Waals surface area contributed by atoms with E-state index < -0.39 is 0 Å². The van der Waals surface area contributed by atoms with E-state index in [4.69, 9.17) is 0 Å². The van der Waals surface area contributed by atoms with Gasteiger partial charge in [0, 0.05) is 25.5 Å². The highest BCUT2D eigenvalue weighted by Gasteiger charge is 2.30. The number of hydrogen-bond donors (Lipinski definition) is 1. The number of nitrogens with one attached hydrogen (secondary N) is 1. The summed E-state index contributed by atoms with van der Waals surface area (Å²) in [5.74, 6) is 1.28. The summed E-state index contributed by atoms with van der Waals surface area (Å²) in [6, 6.07) is 0.209. The molecule has 8 heteroatoms. The first-order valence-electron chi connectivity index (χ1n) is 8.76. The van der Waals surface area contributed by atoms with Crippen molar-refractivity contribution in [3.05, 3.63) is 30.9 Å². The quantitative estimate of drug-likeness (QED) is 0.923. The van der Waals surface area contributed by atoms with Gasteiger partial charge in [0.25, 0.3) is 0 Å². The van der Waals surface area contributed by atoms with Crippen LogP contribution in [0.15, 0.2) is 25.0 Å². The Hall–Kier alpha value is -2.38. The highest BCUT2D eigenvalue weighted by Crippen LogP contribution is 2.27. The third-order valence-corrected chi connectivity index (χ3v) is 4.77. The number of hydrogen-bond acceptors (Lipinski definition) is 4. The van der Waals surface area contributed by atoms with E-state index in [1.54, 1.807) is 6.20 Å². The summed E-state index contributed by atoms with van der Waals surface area (Å²) in [5, 5.41) is 7.25. The number of aromatic nitrogens is 5. The van der Waals surface area contributed by atoms with Gasteiger partial charge in [-0.05, 0) is 33.1 Å². The summed E-state index contributed by atoms with van der Waals surface area (Å²) in [6.07, 6.45) is 8.09. The van der Waals surface area contributed by atoms with Crippen LogP contribution in [-0.2, 0) is 12.1 Å². The number of nitrogens with zero attached hydrogens (tertiary/aromatic N) is 6. The lowest BCUT2D eigenvalue weighted by Gasteiger charge is -2.37. The molecule has 2 aromatic rings. The first-order chi connectivity index (χ1) is 11.9. The summed E-state index contributed by atoms with van der Waals surface area (Å²) in [7, 11) is 0. The van der Waals surface area contributed by atoms with Crippen molar-refractivity contribution in [2.75, 3.05) is 13.1 Å². The van der Waals surface area contributed by atoms with Crippen LogP contribution in [-0.4, -0.2) is 48.3 Å². The molecule has 0 aliphatic carbocycles. The van der Waals surface area contributed by atoms with Crippen LogP contribution in [0.4, 0.5) is 4.79 Å². The molecule has 0 saturated carbocycles. The summed E-state index contributed by atoms with van der Waals surface area (Å²) < 4.78 is 3.94. The molecule has 2 aromatic heterocycles. The largest absolute Gasteiger partial charge is 0.332 e. The molecule has 2 amide bonds. The van der Waals surface area contributed by atoms with E-state index in [1.165, 1.54) is 6.33 Å². The zero-order valence-corrected chi connectivity index (χ0v) is 15.4. The zero-order chi connectivity index (χ0) is 18.0. The zero-order valence-electron chi connectivity index (χ0n) is 15.4. The average Bonchev–Trinajstić information content (AvgIpc) is 3.24. The number of carbonyl (C=O) groups is 1. The Kier molecular flexibility index (Phi) is 4.78. The molecular formula is C17H27N7O. The molecule has 0 radical (unpaired) electrons. The third kappa shape index (κ3) is 3.83. The van der Waals surface area contributed by atoms with Gasteiger partial charge in [-0.25, -0.2) is 19.4 Å². The van der Waals surface area contributed by atoms with Crippen molar-refractivity contribution >= 4 is 6.03 Å². The van der Waals surface area contributed by atoms with Gasteiger partial charge < -0.3 is 14.8 Å². The minimum absolute atomic E-state index is 0.0551. The smallest absolute Gasteiger partial charge is 0.317 e. The minimum Gasteiger partial charge on any atom is -0.332 e. The molecule has 0 spiro atoms. The van der Waals surface area contributed by atoms with E-state index in [-0.39, 0.29) is 17.6 Å². The molecule has 2 atom stereocenters. The lowest BCUT2D eigenvalue weighted by atomic mass is 9.93. The van der Waals surface area contributed by atoms with Crippen LogP contribution in [0.2, 0.25) is 0 Å². The Bertz CT molecular complexity index is 701. The maximum atomic E-state index is 12.6. The number of amides is 2. The van der Waals surface area contributed by atoms with Crippen LogP contribution in [0.3, 0.4) is 0 Å². The van der Waals surface area contributed by atoms with E-state index in [9.17, 15) is 4.79 Å². The van der Waals surface area contributed by atoms with Gasteiger partial charge in [-0.15, -0.1) is 0 Å². The Balaban J connectivity index is 1.61. The first kappa shape index (κ1) is 17.4. The van der Waals surface area contributed by atoms with Gasteiger partial charge in [0.15, 0.2) is 0 Å². The second kappa shape index (κ2) is 6.85. The Morgan fingerprint density at radius 1 is 1.40 bits per heavy atom. The predicted molar refractivity (Wildman–Crippen MR) is 93.9 cm³/mol. The SMILES string of the molecule is C[C@@H]1CCN(C(=O)NCc2ncnn2C(C)(C)C)C[C@@H]1n1ccnc1. The molecule has 8 nitrogen and oxygen atoms in total. The number of imidazole rings is 1. The van der Waals surface area contributed by atoms with Gasteiger partial charge >= 0.3 is 6.03 Å². The minimum atomic E-state index is -0.163. The molecule has 0 unspecified atom stereocenters. The normalized spacial score (nSPS) is 21.4. The Morgan fingerprint density at radius 3 is 2.88 bits per heavy atom. The van der Waals surface area contributed by atoms with E-state index in [0.717, 1.165) is 18.8 Å². The average molecular weight is 345 g/mol. The summed E-state index contributed by atoms with van der Waals surface area (Å²) in [6.45, 7) is 10.3. The number of rotatable bonds is 3. The Labute approximate surface area is 148 Å². The van der Waals surface area contributed by atoms with Crippen LogP contribution >= 0.6 is 0 Å². The van der Waals surface area contributed by atoms with Crippen LogP contribution in [0.25, 0.3) is 0 Å². The highest BCUT2D eigenvalue weighted by atomic mass is 16.2. The summed E-state index contributed by atoms with van der Waals surface area (Å²) in [5.41, 5.74) is -0.163. The van der Waals surface area contributed by atoms with Crippen molar-refractivity contribution in [1.29, 1.82) is 0 Å². The molecule has 1 N–H and O–H groups in total. The second-order valence-electron chi connectivity index (χ2n) is 7.71. The van der Waals surface area contributed by atoms with Crippen LogP contribution in [0, 0.1) is 5.92 Å². The Morgan fingerprint density at radius 2 is 2.20 bits per heavy atom. The molecule has 3 rings (SSSR count). The monoisotopic (exact) mass is 345 g/mol. The number of carbonyl (C=O) groups excluding carboxylic acids is 1. The number of urea groups is 1. The van der Waals surface area contributed by atoms with E-state index in [1.807, 2.05) is 22.1 Å². The summed E-state index contributed by atoms with van der Waals surface area (Å²) in [4.78, 5) is 22.9. The van der Waals surface area contributed by atoms with E-state index in [2.05, 4.69) is 52.6 Å². The van der Waals surface area contributed by atoms with Gasteiger partial charge in [-0.2, -0.15) is 5.10 Å². The second-order valence-corrected chi connectivity index (χ2v) is 7.71. The highest BCUT2D eigenvalue weighted by molar-refractivity contribution is 5.74. The molecule has 1 fully saturated rings. The number of likely N-dealkylation sites (tertiary alicyclic amines) is 1. The predicted octanol–water partition coefficient (Wildman–Crippen LogP) is 2.02. The topological polar surface area (TPSA) is 80.9 Å². The number of piperidine rings is 1. The van der Waals surface area contributed by atoms with Crippen molar-refractivity contribution in [3.63, 3.8) is 0 Å². The van der Waals surface area contributed by atoms with Crippen LogP contribution in [0.1, 0.15) is 46.0 Å². The van der Waals surface area contributed by atoms with Crippen molar-refractivity contribution in [1.82, 2.24) is 34.5 Å². The third-order valence-electron chi connectivity index (χ3n) is 4.77. The molecule has 1 aliphatic heterocycles. The fourth-order valence-electron chi connectivity index (χ4n) is 3.30. The van der Waals surface area contributed by atoms with Gasteiger partial charge in [0.1, 0.15) is 12.2 Å². The molecule has 3 heterocycles. The lowest BCUT2D eigenvalue weighted by Crippen LogP contribution is -2.48. The lowest BCUT2D eigenvalue weighted by molar-refractivity contribution is 0.139. The molecule has 1 saturated heterocycles. The van der Waals surface area contributed by atoms with Crippen LogP contribution < -0.4 is 5.32 Å². The van der Waals surface area contributed by atoms with E-state index in [0.29, 0.717) is 19.0 Å². The molecule has 0 aromatic carbocycles. The first-order valence-corrected chi connectivity index (χ1v) is 8.76. The molecule has 0 bridgehead atoms. The molecule has 136 valence electrons. The van der Waals surface area contributed by atoms with E-state index >= 15 is 0 Å².